The van der Waals surface area contributed by atoms with Crippen LogP contribution in [0.3, 0.4) is 0 Å². The van der Waals surface area contributed by atoms with E-state index in [-0.39, 0.29) is 11.4 Å². The van der Waals surface area contributed by atoms with Crippen molar-refractivity contribution in [2.75, 3.05) is 32.5 Å². The molecule has 0 bridgehead atoms. The van der Waals surface area contributed by atoms with Crippen molar-refractivity contribution in [3.8, 4) is 0 Å². The third-order valence-electron chi connectivity index (χ3n) is 5.40. The summed E-state index contributed by atoms with van der Waals surface area (Å²) in [4.78, 5) is 15.0. The number of hydrogen-bond donors (Lipinski definition) is 2. The molecule has 4 nitrogen and oxygen atoms in total. The largest absolute Gasteiger partial charge is 0.385 e. The van der Waals surface area contributed by atoms with E-state index in [1.54, 1.807) is 0 Å². The minimum atomic E-state index is 0.0775. The van der Waals surface area contributed by atoms with E-state index in [1.807, 2.05) is 12.1 Å². The van der Waals surface area contributed by atoms with E-state index in [4.69, 9.17) is 0 Å². The minimum absolute atomic E-state index is 0.0775. The van der Waals surface area contributed by atoms with Crippen molar-refractivity contribution < 1.29 is 4.79 Å². The lowest BCUT2D eigenvalue weighted by atomic mass is 9.94. The summed E-state index contributed by atoms with van der Waals surface area (Å²) in [5, 5.41) is 6.60. The quantitative estimate of drug-likeness (QED) is 0.898. The Morgan fingerprint density at radius 1 is 1.27 bits per heavy atom. The van der Waals surface area contributed by atoms with E-state index in [1.165, 1.54) is 31.2 Å². The van der Waals surface area contributed by atoms with Crippen LogP contribution in [0.1, 0.15) is 48.0 Å². The van der Waals surface area contributed by atoms with Gasteiger partial charge in [0, 0.05) is 29.9 Å². The van der Waals surface area contributed by atoms with Crippen LogP contribution < -0.4 is 10.6 Å². The average molecular weight is 301 g/mol. The zero-order chi connectivity index (χ0) is 15.6. The summed E-state index contributed by atoms with van der Waals surface area (Å²) < 4.78 is 0. The van der Waals surface area contributed by atoms with Gasteiger partial charge in [-0.25, -0.2) is 0 Å². The minimum Gasteiger partial charge on any atom is -0.385 e. The Kier molecular flexibility index (Phi) is 4.39. The number of nitrogens with one attached hydrogen (secondary N) is 2. The Labute approximate surface area is 133 Å². The third-order valence-corrected chi connectivity index (χ3v) is 5.40. The van der Waals surface area contributed by atoms with Crippen LogP contribution in [0.4, 0.5) is 5.69 Å². The fraction of sp³-hybridized carbons (Fsp3) is 0.611. The fourth-order valence-electron chi connectivity index (χ4n) is 3.88. The summed E-state index contributed by atoms with van der Waals surface area (Å²) in [6, 6.07) is 6.01. The van der Waals surface area contributed by atoms with Gasteiger partial charge in [-0.3, -0.25) is 4.79 Å². The standard InChI is InChI=1S/C18H27N3O/c1-21(2)18(10-3-4-11-18)13-20-17(22)15-7-5-9-16-14(15)8-6-12-19-16/h5,7,9,19H,3-4,6,8,10-13H2,1-2H3,(H,20,22). The van der Waals surface area contributed by atoms with Gasteiger partial charge in [0.05, 0.1) is 0 Å². The zero-order valence-corrected chi connectivity index (χ0v) is 13.7. The molecule has 1 aromatic carbocycles. The van der Waals surface area contributed by atoms with Crippen molar-refractivity contribution in [2.24, 2.45) is 0 Å². The molecule has 0 atom stereocenters. The van der Waals surface area contributed by atoms with Crippen molar-refractivity contribution in [1.82, 2.24) is 10.2 Å². The number of nitrogens with zero attached hydrogens (tertiary/aromatic N) is 1. The number of anilines is 1. The van der Waals surface area contributed by atoms with Crippen molar-refractivity contribution in [2.45, 2.75) is 44.1 Å². The molecule has 0 saturated heterocycles. The van der Waals surface area contributed by atoms with E-state index in [2.05, 4.69) is 35.7 Å². The molecule has 2 N–H and O–H groups in total. The summed E-state index contributed by atoms with van der Waals surface area (Å²) in [6.07, 6.45) is 6.96. The van der Waals surface area contributed by atoms with Crippen LogP contribution in [0.5, 0.6) is 0 Å². The molecule has 120 valence electrons. The summed E-state index contributed by atoms with van der Waals surface area (Å²) in [5.41, 5.74) is 3.29. The van der Waals surface area contributed by atoms with E-state index in [0.29, 0.717) is 0 Å². The molecule has 1 fully saturated rings. The molecule has 1 amide bonds. The van der Waals surface area contributed by atoms with E-state index in [9.17, 15) is 4.79 Å². The number of fused-ring (bicyclic) bond motifs is 1. The maximum Gasteiger partial charge on any atom is 0.251 e. The van der Waals surface area contributed by atoms with Gasteiger partial charge in [-0.2, -0.15) is 0 Å². The van der Waals surface area contributed by atoms with Gasteiger partial charge in [-0.15, -0.1) is 0 Å². The molecule has 4 heteroatoms. The Morgan fingerprint density at radius 2 is 2.05 bits per heavy atom. The number of hydrogen-bond acceptors (Lipinski definition) is 3. The van der Waals surface area contributed by atoms with Crippen molar-refractivity contribution >= 4 is 11.6 Å². The highest BCUT2D eigenvalue weighted by Crippen LogP contribution is 2.33. The molecule has 2 aliphatic rings. The van der Waals surface area contributed by atoms with Gasteiger partial charge in [0.25, 0.3) is 5.91 Å². The highest BCUT2D eigenvalue weighted by atomic mass is 16.1. The second-order valence-electron chi connectivity index (χ2n) is 6.87. The first-order valence-corrected chi connectivity index (χ1v) is 8.44. The number of amides is 1. The maximum atomic E-state index is 12.7. The second-order valence-corrected chi connectivity index (χ2v) is 6.87. The Hall–Kier alpha value is -1.55. The molecule has 0 aromatic heterocycles. The monoisotopic (exact) mass is 301 g/mol. The average Bonchev–Trinajstić information content (AvgIpc) is 3.02. The molecular formula is C18H27N3O. The first kappa shape index (κ1) is 15.3. The molecule has 1 aliphatic carbocycles. The number of carbonyl (C=O) groups excluding carboxylic acids is 1. The lowest BCUT2D eigenvalue weighted by molar-refractivity contribution is 0.0899. The summed E-state index contributed by atoms with van der Waals surface area (Å²) in [6.45, 7) is 1.75. The van der Waals surface area contributed by atoms with Crippen LogP contribution in [-0.2, 0) is 6.42 Å². The Morgan fingerprint density at radius 3 is 2.77 bits per heavy atom. The van der Waals surface area contributed by atoms with Crippen molar-refractivity contribution in [3.05, 3.63) is 29.3 Å². The van der Waals surface area contributed by atoms with E-state index < -0.39 is 0 Å². The molecule has 0 spiro atoms. The van der Waals surface area contributed by atoms with Crippen LogP contribution in [0.15, 0.2) is 18.2 Å². The number of carbonyl (C=O) groups is 1. The van der Waals surface area contributed by atoms with Crippen LogP contribution >= 0.6 is 0 Å². The van der Waals surface area contributed by atoms with Gasteiger partial charge in [0.1, 0.15) is 0 Å². The Bertz CT molecular complexity index is 547. The molecule has 1 heterocycles. The number of benzene rings is 1. The predicted octanol–water partition coefficient (Wildman–Crippen LogP) is 2.65. The number of rotatable bonds is 4. The maximum absolute atomic E-state index is 12.7. The molecule has 1 aromatic rings. The predicted molar refractivity (Wildman–Crippen MR) is 90.5 cm³/mol. The summed E-state index contributed by atoms with van der Waals surface area (Å²) in [5.74, 6) is 0.0775. The van der Waals surface area contributed by atoms with Gasteiger partial charge in [0.2, 0.25) is 0 Å². The molecule has 0 unspecified atom stereocenters. The Balaban J connectivity index is 1.72. The SMILES string of the molecule is CN(C)C1(CNC(=O)c2cccc3c2CCCN3)CCCC1. The first-order valence-electron chi connectivity index (χ1n) is 8.44. The van der Waals surface area contributed by atoms with Gasteiger partial charge in [-0.05, 0) is 57.5 Å². The highest BCUT2D eigenvalue weighted by molar-refractivity contribution is 5.97. The summed E-state index contributed by atoms with van der Waals surface area (Å²) in [7, 11) is 4.26. The van der Waals surface area contributed by atoms with E-state index >= 15 is 0 Å². The smallest absolute Gasteiger partial charge is 0.251 e. The van der Waals surface area contributed by atoms with Crippen LogP contribution in [0.2, 0.25) is 0 Å². The first-order chi connectivity index (χ1) is 10.6. The van der Waals surface area contributed by atoms with E-state index in [0.717, 1.165) is 37.2 Å². The fourth-order valence-corrected chi connectivity index (χ4v) is 3.88. The summed E-state index contributed by atoms with van der Waals surface area (Å²) >= 11 is 0. The van der Waals surface area contributed by atoms with Crippen LogP contribution in [0, 0.1) is 0 Å². The van der Waals surface area contributed by atoms with Gasteiger partial charge in [-0.1, -0.05) is 18.9 Å². The number of likely N-dealkylation sites (N-methyl/N-ethyl adjacent to an activating group) is 1. The van der Waals surface area contributed by atoms with Gasteiger partial charge >= 0.3 is 0 Å². The molecule has 3 rings (SSSR count). The molecular weight excluding hydrogens is 274 g/mol. The molecule has 1 aliphatic heterocycles. The third kappa shape index (κ3) is 2.84. The van der Waals surface area contributed by atoms with Crippen LogP contribution in [-0.4, -0.2) is 43.5 Å². The van der Waals surface area contributed by atoms with Crippen molar-refractivity contribution in [1.29, 1.82) is 0 Å². The molecule has 1 saturated carbocycles. The van der Waals surface area contributed by atoms with Crippen LogP contribution in [0.25, 0.3) is 0 Å². The van der Waals surface area contributed by atoms with Gasteiger partial charge in [0.15, 0.2) is 0 Å². The topological polar surface area (TPSA) is 44.4 Å². The zero-order valence-electron chi connectivity index (χ0n) is 13.7. The lowest BCUT2D eigenvalue weighted by Crippen LogP contribution is -2.50. The molecule has 22 heavy (non-hydrogen) atoms. The second kappa shape index (κ2) is 6.29. The highest BCUT2D eigenvalue weighted by Gasteiger charge is 2.36. The lowest BCUT2D eigenvalue weighted by Gasteiger charge is -2.36. The van der Waals surface area contributed by atoms with Gasteiger partial charge < -0.3 is 15.5 Å². The normalized spacial score (nSPS) is 19.6. The molecule has 0 radical (unpaired) electrons. The van der Waals surface area contributed by atoms with Crippen molar-refractivity contribution in [3.63, 3.8) is 0 Å².